The van der Waals surface area contributed by atoms with Gasteiger partial charge in [0.25, 0.3) is 5.91 Å². The molecule has 1 saturated carbocycles. The number of hydrogen-bond donors (Lipinski definition) is 1. The largest absolute Gasteiger partial charge is 0.368 e. The van der Waals surface area contributed by atoms with E-state index >= 15 is 0 Å². The summed E-state index contributed by atoms with van der Waals surface area (Å²) in [6.45, 7) is 3.18. The van der Waals surface area contributed by atoms with E-state index in [2.05, 4.69) is 5.32 Å². The van der Waals surface area contributed by atoms with Crippen LogP contribution >= 0.6 is 0 Å². The van der Waals surface area contributed by atoms with Crippen molar-refractivity contribution in [1.29, 1.82) is 0 Å². The summed E-state index contributed by atoms with van der Waals surface area (Å²) in [4.78, 5) is 28.3. The maximum absolute atomic E-state index is 12.3. The van der Waals surface area contributed by atoms with Crippen molar-refractivity contribution in [2.24, 2.45) is 0 Å². The molecule has 3 amide bonds. The first-order chi connectivity index (χ1) is 10.7. The summed E-state index contributed by atoms with van der Waals surface area (Å²) in [7, 11) is 0. The summed E-state index contributed by atoms with van der Waals surface area (Å²) in [5, 5.41) is 3.15. The number of rotatable bonds is 2. The minimum atomic E-state index is -0.248. The van der Waals surface area contributed by atoms with E-state index < -0.39 is 0 Å². The Bertz CT molecular complexity index is 395. The Morgan fingerprint density at radius 1 is 0.864 bits per heavy atom. The normalized spacial score (nSPS) is 27.0. The Kier molecular flexibility index (Phi) is 5.18. The summed E-state index contributed by atoms with van der Waals surface area (Å²) in [5.41, 5.74) is 0. The van der Waals surface area contributed by atoms with Gasteiger partial charge in [-0.25, -0.2) is 4.79 Å². The van der Waals surface area contributed by atoms with Crippen LogP contribution in [0.25, 0.3) is 0 Å². The quantitative estimate of drug-likeness (QED) is 0.837. The Morgan fingerprint density at radius 3 is 2.18 bits per heavy atom. The van der Waals surface area contributed by atoms with E-state index in [9.17, 15) is 9.59 Å². The number of amides is 3. The summed E-state index contributed by atoms with van der Waals surface area (Å²) in [6, 6.07) is 0.379. The lowest BCUT2D eigenvalue weighted by Gasteiger charge is -2.36. The molecule has 0 aromatic carbocycles. The van der Waals surface area contributed by atoms with Crippen LogP contribution in [0.2, 0.25) is 0 Å². The van der Waals surface area contributed by atoms with Gasteiger partial charge in [-0.3, -0.25) is 4.79 Å². The van der Waals surface area contributed by atoms with Gasteiger partial charge in [-0.2, -0.15) is 0 Å². The Labute approximate surface area is 132 Å². The average molecular weight is 309 g/mol. The van der Waals surface area contributed by atoms with Gasteiger partial charge in [0.1, 0.15) is 6.10 Å². The van der Waals surface area contributed by atoms with Crippen LogP contribution in [-0.2, 0) is 9.53 Å². The van der Waals surface area contributed by atoms with E-state index in [1.807, 2.05) is 9.80 Å². The van der Waals surface area contributed by atoms with Gasteiger partial charge in [0.2, 0.25) is 0 Å². The van der Waals surface area contributed by atoms with Gasteiger partial charge in [-0.1, -0.05) is 19.3 Å². The third-order valence-corrected chi connectivity index (χ3v) is 5.02. The van der Waals surface area contributed by atoms with Crippen LogP contribution < -0.4 is 5.32 Å². The molecule has 1 aliphatic carbocycles. The number of piperazine rings is 1. The lowest BCUT2D eigenvalue weighted by molar-refractivity contribution is -0.142. The zero-order valence-corrected chi connectivity index (χ0v) is 13.3. The Hall–Kier alpha value is -1.30. The molecule has 3 rings (SSSR count). The van der Waals surface area contributed by atoms with Gasteiger partial charge in [0, 0.05) is 38.8 Å². The van der Waals surface area contributed by atoms with Crippen molar-refractivity contribution in [2.75, 3.05) is 32.8 Å². The van der Waals surface area contributed by atoms with E-state index in [1.54, 1.807) is 0 Å². The SMILES string of the molecule is O=C(NC1CCCCC1)N1CCN(C(=O)C2CCCO2)CC1. The van der Waals surface area contributed by atoms with Crippen molar-refractivity contribution < 1.29 is 14.3 Å². The third kappa shape index (κ3) is 3.72. The lowest BCUT2D eigenvalue weighted by atomic mass is 9.96. The first kappa shape index (κ1) is 15.6. The highest BCUT2D eigenvalue weighted by Crippen LogP contribution is 2.18. The molecule has 2 saturated heterocycles. The number of urea groups is 1. The molecule has 2 aliphatic heterocycles. The minimum Gasteiger partial charge on any atom is -0.368 e. The van der Waals surface area contributed by atoms with Crippen LogP contribution in [-0.4, -0.2) is 66.7 Å². The van der Waals surface area contributed by atoms with E-state index in [-0.39, 0.29) is 18.0 Å². The third-order valence-electron chi connectivity index (χ3n) is 5.02. The van der Waals surface area contributed by atoms with Crippen molar-refractivity contribution in [2.45, 2.75) is 57.1 Å². The van der Waals surface area contributed by atoms with Crippen molar-refractivity contribution in [3.8, 4) is 0 Å². The van der Waals surface area contributed by atoms with E-state index in [0.29, 0.717) is 38.8 Å². The molecule has 0 radical (unpaired) electrons. The molecule has 22 heavy (non-hydrogen) atoms. The van der Waals surface area contributed by atoms with Gasteiger partial charge in [0.15, 0.2) is 0 Å². The summed E-state index contributed by atoms with van der Waals surface area (Å²) in [5.74, 6) is 0.102. The zero-order chi connectivity index (χ0) is 15.4. The summed E-state index contributed by atoms with van der Waals surface area (Å²) < 4.78 is 5.46. The number of hydrogen-bond acceptors (Lipinski definition) is 3. The molecule has 1 atom stereocenters. The Morgan fingerprint density at radius 2 is 1.55 bits per heavy atom. The fourth-order valence-electron chi connectivity index (χ4n) is 3.62. The van der Waals surface area contributed by atoms with Gasteiger partial charge < -0.3 is 19.9 Å². The molecule has 0 aromatic rings. The summed E-state index contributed by atoms with van der Waals surface area (Å²) in [6.07, 6.45) is 7.48. The first-order valence-electron chi connectivity index (χ1n) is 8.70. The molecular weight excluding hydrogens is 282 g/mol. The number of carbonyl (C=O) groups is 2. The van der Waals surface area contributed by atoms with Crippen LogP contribution in [0.15, 0.2) is 0 Å². The molecule has 0 aromatic heterocycles. The predicted molar refractivity (Wildman–Crippen MR) is 82.5 cm³/mol. The molecule has 2 heterocycles. The topological polar surface area (TPSA) is 61.9 Å². The second-order valence-electron chi connectivity index (χ2n) is 6.60. The van der Waals surface area contributed by atoms with Gasteiger partial charge >= 0.3 is 6.03 Å². The number of carbonyl (C=O) groups excluding carboxylic acids is 2. The van der Waals surface area contributed by atoms with Crippen LogP contribution in [0, 0.1) is 0 Å². The smallest absolute Gasteiger partial charge is 0.317 e. The second-order valence-corrected chi connectivity index (χ2v) is 6.60. The van der Waals surface area contributed by atoms with Crippen molar-refractivity contribution in [1.82, 2.24) is 15.1 Å². The van der Waals surface area contributed by atoms with Gasteiger partial charge in [-0.15, -0.1) is 0 Å². The van der Waals surface area contributed by atoms with E-state index in [0.717, 1.165) is 25.7 Å². The van der Waals surface area contributed by atoms with Crippen LogP contribution in [0.1, 0.15) is 44.9 Å². The number of ether oxygens (including phenoxy) is 1. The Balaban J connectivity index is 1.42. The fraction of sp³-hybridized carbons (Fsp3) is 0.875. The predicted octanol–water partition coefficient (Wildman–Crippen LogP) is 1.35. The monoisotopic (exact) mass is 309 g/mol. The number of nitrogens with one attached hydrogen (secondary N) is 1. The molecule has 1 N–H and O–H groups in total. The van der Waals surface area contributed by atoms with Crippen LogP contribution in [0.4, 0.5) is 4.79 Å². The van der Waals surface area contributed by atoms with Gasteiger partial charge in [0.05, 0.1) is 0 Å². The van der Waals surface area contributed by atoms with E-state index in [4.69, 9.17) is 4.74 Å². The maximum Gasteiger partial charge on any atom is 0.317 e. The average Bonchev–Trinajstić information content (AvgIpc) is 3.10. The molecule has 3 aliphatic rings. The molecule has 0 bridgehead atoms. The standard InChI is InChI=1S/C16H27N3O3/c20-15(14-7-4-12-22-14)18-8-10-19(11-9-18)16(21)17-13-5-2-1-3-6-13/h13-14H,1-12H2,(H,17,21). The summed E-state index contributed by atoms with van der Waals surface area (Å²) >= 11 is 0. The highest BCUT2D eigenvalue weighted by Gasteiger charge is 2.31. The first-order valence-corrected chi connectivity index (χ1v) is 8.70. The number of nitrogens with zero attached hydrogens (tertiary/aromatic N) is 2. The minimum absolute atomic E-state index is 0.0381. The van der Waals surface area contributed by atoms with Crippen molar-refractivity contribution >= 4 is 11.9 Å². The maximum atomic E-state index is 12.3. The lowest BCUT2D eigenvalue weighted by Crippen LogP contribution is -2.56. The van der Waals surface area contributed by atoms with Crippen LogP contribution in [0.5, 0.6) is 0 Å². The molecule has 124 valence electrons. The van der Waals surface area contributed by atoms with E-state index in [1.165, 1.54) is 19.3 Å². The molecule has 0 spiro atoms. The van der Waals surface area contributed by atoms with Gasteiger partial charge in [-0.05, 0) is 25.7 Å². The fourth-order valence-corrected chi connectivity index (χ4v) is 3.62. The highest BCUT2D eigenvalue weighted by molar-refractivity contribution is 5.81. The van der Waals surface area contributed by atoms with Crippen molar-refractivity contribution in [3.63, 3.8) is 0 Å². The molecule has 1 unspecified atom stereocenters. The highest BCUT2D eigenvalue weighted by atomic mass is 16.5. The van der Waals surface area contributed by atoms with Crippen molar-refractivity contribution in [3.05, 3.63) is 0 Å². The molecule has 6 heteroatoms. The molecule has 3 fully saturated rings. The van der Waals surface area contributed by atoms with Crippen LogP contribution in [0.3, 0.4) is 0 Å². The molecule has 6 nitrogen and oxygen atoms in total. The zero-order valence-electron chi connectivity index (χ0n) is 13.3. The second kappa shape index (κ2) is 7.31. The molecular formula is C16H27N3O3.